The van der Waals surface area contributed by atoms with Crippen LogP contribution in [0.5, 0.6) is 0 Å². The van der Waals surface area contributed by atoms with Crippen molar-refractivity contribution >= 4 is 17.7 Å². The molecule has 3 rings (SSSR count). The normalized spacial score (nSPS) is 12.4. The van der Waals surface area contributed by atoms with Crippen LogP contribution in [0, 0.1) is 0 Å². The Bertz CT molecular complexity index is 1160. The fourth-order valence-electron chi connectivity index (χ4n) is 3.71. The van der Waals surface area contributed by atoms with Gasteiger partial charge in [0, 0.05) is 12.7 Å². The van der Waals surface area contributed by atoms with Gasteiger partial charge in [-0.3, -0.25) is 14.6 Å². The molecule has 176 valence electrons. The van der Waals surface area contributed by atoms with Crippen molar-refractivity contribution in [2.45, 2.75) is 31.8 Å². The van der Waals surface area contributed by atoms with E-state index in [1.54, 1.807) is 19.2 Å². The number of pyridine rings is 1. The van der Waals surface area contributed by atoms with E-state index >= 15 is 0 Å². The molecule has 1 atom stereocenters. The minimum absolute atomic E-state index is 0.124. The second-order valence-corrected chi connectivity index (χ2v) is 7.89. The van der Waals surface area contributed by atoms with Crippen LogP contribution in [0.1, 0.15) is 47.3 Å². The number of nitrogens with one attached hydrogen (secondary N) is 1. The minimum Gasteiger partial charge on any atom is -0.480 e. The van der Waals surface area contributed by atoms with Gasteiger partial charge in [0.1, 0.15) is 11.6 Å². The molecule has 0 spiro atoms. The second kappa shape index (κ2) is 11.6. The van der Waals surface area contributed by atoms with Gasteiger partial charge >= 0.3 is 5.97 Å². The zero-order chi connectivity index (χ0) is 24.5. The maximum atomic E-state index is 13.4. The van der Waals surface area contributed by atoms with E-state index in [1.165, 1.54) is 10.6 Å². The molecule has 3 aromatic rings. The lowest BCUT2D eigenvalue weighted by molar-refractivity contribution is -0.139. The van der Waals surface area contributed by atoms with Crippen LogP contribution in [0.2, 0.25) is 0 Å². The van der Waals surface area contributed by atoms with E-state index in [4.69, 9.17) is 5.73 Å². The Balaban J connectivity index is 1.90. The summed E-state index contributed by atoms with van der Waals surface area (Å²) in [6.45, 7) is 2.00. The summed E-state index contributed by atoms with van der Waals surface area (Å²) in [7, 11) is 0. The van der Waals surface area contributed by atoms with Crippen molar-refractivity contribution in [3.63, 3.8) is 0 Å². The summed E-state index contributed by atoms with van der Waals surface area (Å²) >= 11 is 0. The highest BCUT2D eigenvalue weighted by Crippen LogP contribution is 2.25. The van der Waals surface area contributed by atoms with Gasteiger partial charge < -0.3 is 20.7 Å². The van der Waals surface area contributed by atoms with Gasteiger partial charge in [-0.25, -0.2) is 4.79 Å². The molecule has 8 heteroatoms. The number of nitrogens with zero attached hydrogens (tertiary/aromatic N) is 2. The molecular weight excluding hydrogens is 432 g/mol. The lowest BCUT2D eigenvalue weighted by atomic mass is 9.98. The molecule has 0 aliphatic rings. The first-order chi connectivity index (χ1) is 16.4. The molecule has 34 heavy (non-hydrogen) atoms. The molecule has 0 aliphatic heterocycles. The Kier molecular flexibility index (Phi) is 8.34. The minimum atomic E-state index is -1.18. The van der Waals surface area contributed by atoms with Crippen molar-refractivity contribution in [3.8, 4) is 0 Å². The molecule has 4 N–H and O–H groups in total. The molecule has 0 unspecified atom stereocenters. The van der Waals surface area contributed by atoms with E-state index in [1.807, 2.05) is 60.7 Å². The van der Waals surface area contributed by atoms with Crippen LogP contribution in [0.15, 0.2) is 88.8 Å². The number of rotatable bonds is 10. The third-order valence-electron chi connectivity index (χ3n) is 5.34. The van der Waals surface area contributed by atoms with Crippen molar-refractivity contribution in [1.29, 1.82) is 0 Å². The first-order valence-corrected chi connectivity index (χ1v) is 11.0. The van der Waals surface area contributed by atoms with Crippen LogP contribution in [-0.4, -0.2) is 40.0 Å². The lowest BCUT2D eigenvalue weighted by Crippen LogP contribution is -2.43. The second-order valence-electron chi connectivity index (χ2n) is 7.89. The van der Waals surface area contributed by atoms with Gasteiger partial charge in [-0.05, 0) is 43.0 Å². The number of carboxylic acid groups (broad SMARTS) is 1. The number of carboxylic acids is 1. The highest BCUT2D eigenvalue weighted by molar-refractivity contribution is 5.96. The van der Waals surface area contributed by atoms with Gasteiger partial charge in [0.05, 0.1) is 11.9 Å². The average Bonchev–Trinajstić information content (AvgIpc) is 2.83. The van der Waals surface area contributed by atoms with E-state index in [0.29, 0.717) is 18.8 Å². The SMILES string of the molecule is CC(N)=NCCC[C@H](NC(=O)c1cccn(C(c2ccccc2)c2ccccc2)c1=O)C(=O)O. The van der Waals surface area contributed by atoms with Crippen molar-refractivity contribution in [2.24, 2.45) is 10.7 Å². The quantitative estimate of drug-likeness (QED) is 0.244. The summed E-state index contributed by atoms with van der Waals surface area (Å²) in [4.78, 5) is 42.0. The molecule has 8 nitrogen and oxygen atoms in total. The summed E-state index contributed by atoms with van der Waals surface area (Å²) < 4.78 is 1.49. The molecule has 0 radical (unpaired) electrons. The fourth-order valence-corrected chi connectivity index (χ4v) is 3.71. The van der Waals surface area contributed by atoms with E-state index in [-0.39, 0.29) is 12.0 Å². The number of nitrogens with two attached hydrogens (primary N) is 1. The Hall–Kier alpha value is -4.20. The molecule has 0 bridgehead atoms. The highest BCUT2D eigenvalue weighted by atomic mass is 16.4. The number of hydrogen-bond donors (Lipinski definition) is 3. The van der Waals surface area contributed by atoms with Crippen molar-refractivity contribution < 1.29 is 14.7 Å². The Morgan fingerprint density at radius 2 is 1.59 bits per heavy atom. The molecule has 0 aliphatic carbocycles. The molecule has 1 heterocycles. The van der Waals surface area contributed by atoms with Gasteiger partial charge in [0.25, 0.3) is 11.5 Å². The maximum Gasteiger partial charge on any atom is 0.326 e. The van der Waals surface area contributed by atoms with Crippen molar-refractivity contribution in [3.05, 3.63) is 106 Å². The van der Waals surface area contributed by atoms with Gasteiger partial charge in [-0.1, -0.05) is 60.7 Å². The number of carbonyl (C=O) groups is 2. The van der Waals surface area contributed by atoms with Gasteiger partial charge in [-0.2, -0.15) is 0 Å². The largest absolute Gasteiger partial charge is 0.480 e. The van der Waals surface area contributed by atoms with Crippen LogP contribution in [0.4, 0.5) is 0 Å². The Labute approximate surface area is 197 Å². The molecular formula is C26H28N4O4. The third kappa shape index (κ3) is 6.19. The summed E-state index contributed by atoms with van der Waals surface area (Å²) in [5.41, 5.74) is 6.62. The number of aliphatic carboxylic acids is 1. The monoisotopic (exact) mass is 460 g/mol. The van der Waals surface area contributed by atoms with Crippen LogP contribution in [0.3, 0.4) is 0 Å². The van der Waals surface area contributed by atoms with Gasteiger partial charge in [0.2, 0.25) is 0 Å². The fraction of sp³-hybridized carbons (Fsp3) is 0.231. The van der Waals surface area contributed by atoms with Crippen LogP contribution >= 0.6 is 0 Å². The number of carbonyl (C=O) groups excluding carboxylic acids is 1. The molecule has 0 fully saturated rings. The van der Waals surface area contributed by atoms with E-state index in [9.17, 15) is 19.5 Å². The molecule has 1 amide bonds. The maximum absolute atomic E-state index is 13.4. The van der Waals surface area contributed by atoms with E-state index in [0.717, 1.165) is 11.1 Å². The standard InChI is InChI=1S/C26H28N4O4/c1-18(27)28-16-8-15-22(26(33)34)29-24(31)21-14-9-17-30(25(21)32)23(19-10-4-2-5-11-19)20-12-6-3-7-13-20/h2-7,9-14,17,22-23H,8,15-16H2,1H3,(H2,27,28)(H,29,31)(H,33,34)/t22-/m0/s1. The zero-order valence-corrected chi connectivity index (χ0v) is 18.9. The zero-order valence-electron chi connectivity index (χ0n) is 18.9. The van der Waals surface area contributed by atoms with Gasteiger partial charge in [-0.15, -0.1) is 0 Å². The smallest absolute Gasteiger partial charge is 0.326 e. The van der Waals surface area contributed by atoms with E-state index in [2.05, 4.69) is 10.3 Å². The first-order valence-electron chi connectivity index (χ1n) is 11.0. The van der Waals surface area contributed by atoms with Crippen LogP contribution < -0.4 is 16.6 Å². The summed E-state index contributed by atoms with van der Waals surface area (Å²) in [6, 6.07) is 20.4. The molecule has 2 aromatic carbocycles. The molecule has 0 saturated heterocycles. The van der Waals surface area contributed by atoms with Crippen LogP contribution in [0.25, 0.3) is 0 Å². The summed E-state index contributed by atoms with van der Waals surface area (Å²) in [6.07, 6.45) is 2.22. The lowest BCUT2D eigenvalue weighted by Gasteiger charge is -2.22. The third-order valence-corrected chi connectivity index (χ3v) is 5.34. The topological polar surface area (TPSA) is 127 Å². The van der Waals surface area contributed by atoms with Crippen LogP contribution in [-0.2, 0) is 4.79 Å². The number of amidine groups is 1. The number of aromatic nitrogens is 1. The summed E-state index contributed by atoms with van der Waals surface area (Å²) in [5, 5.41) is 12.0. The highest BCUT2D eigenvalue weighted by Gasteiger charge is 2.24. The number of hydrogen-bond acceptors (Lipinski definition) is 4. The first kappa shape index (κ1) is 24.4. The van der Waals surface area contributed by atoms with Crippen molar-refractivity contribution in [1.82, 2.24) is 9.88 Å². The number of benzene rings is 2. The Morgan fingerprint density at radius 1 is 1.00 bits per heavy atom. The Morgan fingerprint density at radius 3 is 2.12 bits per heavy atom. The predicted octanol–water partition coefficient (Wildman–Crippen LogP) is 2.83. The van der Waals surface area contributed by atoms with Gasteiger partial charge in [0.15, 0.2) is 0 Å². The molecule has 1 aromatic heterocycles. The molecule has 0 saturated carbocycles. The average molecular weight is 461 g/mol. The number of amides is 1. The van der Waals surface area contributed by atoms with E-state index < -0.39 is 29.5 Å². The number of aliphatic imine (C=N–C) groups is 1. The summed E-state index contributed by atoms with van der Waals surface area (Å²) in [5.74, 6) is -1.50. The van der Waals surface area contributed by atoms with Crippen molar-refractivity contribution in [2.75, 3.05) is 6.54 Å². The predicted molar refractivity (Wildman–Crippen MR) is 131 cm³/mol.